The predicted molar refractivity (Wildman–Crippen MR) is 109 cm³/mol. The molecule has 0 aliphatic heterocycles. The topological polar surface area (TPSA) is 97.6 Å². The van der Waals surface area contributed by atoms with E-state index in [4.69, 9.17) is 9.15 Å². The number of hydrogen-bond donors (Lipinski definition) is 2. The predicted octanol–water partition coefficient (Wildman–Crippen LogP) is 4.41. The maximum absolute atomic E-state index is 12.9. The molecule has 9 heteroatoms. The highest BCUT2D eigenvalue weighted by molar-refractivity contribution is 9.10. The van der Waals surface area contributed by atoms with Gasteiger partial charge < -0.3 is 14.5 Å². The van der Waals surface area contributed by atoms with E-state index in [0.717, 1.165) is 0 Å². The lowest BCUT2D eigenvalue weighted by Gasteiger charge is -2.14. The van der Waals surface area contributed by atoms with E-state index in [1.807, 2.05) is 0 Å². The number of para-hydroxylation sites is 2. The summed E-state index contributed by atoms with van der Waals surface area (Å²) in [6.07, 6.45) is 0. The summed E-state index contributed by atoms with van der Waals surface area (Å²) in [6.45, 7) is 1.67. The van der Waals surface area contributed by atoms with Crippen molar-refractivity contribution in [2.45, 2.75) is 11.8 Å². The number of methoxy groups -OCH3 is 1. The Morgan fingerprint density at radius 3 is 2.54 bits per heavy atom. The minimum absolute atomic E-state index is 0.0387. The van der Waals surface area contributed by atoms with Gasteiger partial charge in [-0.05, 0) is 64.8 Å². The molecule has 0 unspecified atom stereocenters. The van der Waals surface area contributed by atoms with Gasteiger partial charge in [0.15, 0.2) is 10.4 Å². The molecule has 0 spiro atoms. The lowest BCUT2D eigenvalue weighted by Crippen LogP contribution is -2.16. The van der Waals surface area contributed by atoms with Crippen LogP contribution in [-0.2, 0) is 10.0 Å². The number of benzene rings is 2. The summed E-state index contributed by atoms with van der Waals surface area (Å²) >= 11 is 3.13. The number of nitrogens with one attached hydrogen (secondary N) is 2. The molecule has 1 amide bonds. The Morgan fingerprint density at radius 1 is 1.11 bits per heavy atom. The van der Waals surface area contributed by atoms with Gasteiger partial charge in [-0.15, -0.1) is 0 Å². The zero-order chi connectivity index (χ0) is 20.3. The SMILES string of the molecule is COc1ccccc1NS(=O)(=O)c1cc(NC(=O)c2ccc(Br)o2)ccc1C. The van der Waals surface area contributed by atoms with Gasteiger partial charge in [0.2, 0.25) is 0 Å². The molecule has 7 nitrogen and oxygen atoms in total. The summed E-state index contributed by atoms with van der Waals surface area (Å²) < 4.78 is 39.1. The van der Waals surface area contributed by atoms with Gasteiger partial charge in [0.1, 0.15) is 5.75 Å². The molecule has 3 aromatic rings. The second-order valence-electron chi connectivity index (χ2n) is 5.84. The third-order valence-electron chi connectivity index (χ3n) is 3.88. The van der Waals surface area contributed by atoms with E-state index in [0.29, 0.717) is 27.4 Å². The van der Waals surface area contributed by atoms with Gasteiger partial charge in [-0.25, -0.2) is 8.42 Å². The molecule has 146 valence electrons. The van der Waals surface area contributed by atoms with Gasteiger partial charge in [-0.2, -0.15) is 0 Å². The van der Waals surface area contributed by atoms with E-state index >= 15 is 0 Å². The summed E-state index contributed by atoms with van der Waals surface area (Å²) in [5.74, 6) is 0.0103. The highest BCUT2D eigenvalue weighted by atomic mass is 79.9. The number of aryl methyl sites for hydroxylation is 1. The lowest BCUT2D eigenvalue weighted by molar-refractivity contribution is 0.0995. The van der Waals surface area contributed by atoms with E-state index in [2.05, 4.69) is 26.0 Å². The number of carbonyl (C=O) groups excluding carboxylic acids is 1. The minimum Gasteiger partial charge on any atom is -0.495 e. The Hall–Kier alpha value is -2.78. The van der Waals surface area contributed by atoms with Crippen molar-refractivity contribution in [1.82, 2.24) is 0 Å². The molecule has 0 saturated heterocycles. The summed E-state index contributed by atoms with van der Waals surface area (Å²) in [6, 6.07) is 14.4. The van der Waals surface area contributed by atoms with Crippen LogP contribution in [0, 0.1) is 6.92 Å². The van der Waals surface area contributed by atoms with Crippen molar-refractivity contribution >= 4 is 43.2 Å². The quantitative estimate of drug-likeness (QED) is 0.562. The number of furan rings is 1. The van der Waals surface area contributed by atoms with Crippen molar-refractivity contribution in [2.24, 2.45) is 0 Å². The molecule has 3 rings (SSSR count). The van der Waals surface area contributed by atoms with Crippen LogP contribution >= 0.6 is 15.9 Å². The molecule has 0 saturated carbocycles. The average molecular weight is 465 g/mol. The minimum atomic E-state index is -3.91. The molecular weight excluding hydrogens is 448 g/mol. The van der Waals surface area contributed by atoms with E-state index in [1.165, 1.54) is 19.2 Å². The fourth-order valence-electron chi connectivity index (χ4n) is 2.53. The molecule has 2 aromatic carbocycles. The number of hydrogen-bond acceptors (Lipinski definition) is 5. The standard InChI is InChI=1S/C19H17BrN2O5S/c1-12-7-8-13(21-19(23)16-9-10-18(20)27-16)11-17(12)28(24,25)22-14-5-3-4-6-15(14)26-2/h3-11,22H,1-2H3,(H,21,23). The molecule has 0 radical (unpaired) electrons. The monoisotopic (exact) mass is 464 g/mol. The van der Waals surface area contributed by atoms with Crippen LogP contribution in [0.3, 0.4) is 0 Å². The van der Waals surface area contributed by atoms with Crippen molar-refractivity contribution in [2.75, 3.05) is 17.1 Å². The molecule has 28 heavy (non-hydrogen) atoms. The van der Waals surface area contributed by atoms with Crippen molar-refractivity contribution in [3.05, 3.63) is 70.6 Å². The normalized spacial score (nSPS) is 11.1. The molecule has 2 N–H and O–H groups in total. The van der Waals surface area contributed by atoms with Crippen LogP contribution in [-0.4, -0.2) is 21.4 Å². The molecular formula is C19H17BrN2O5S. The second kappa shape index (κ2) is 8.07. The van der Waals surface area contributed by atoms with Gasteiger partial charge >= 0.3 is 0 Å². The number of rotatable bonds is 6. The smallest absolute Gasteiger partial charge is 0.291 e. The highest BCUT2D eigenvalue weighted by Crippen LogP contribution is 2.28. The summed E-state index contributed by atoms with van der Waals surface area (Å²) in [7, 11) is -2.45. The Kier molecular flexibility index (Phi) is 5.76. The summed E-state index contributed by atoms with van der Waals surface area (Å²) in [4.78, 5) is 12.3. The van der Waals surface area contributed by atoms with Crippen LogP contribution in [0.15, 0.2) is 68.6 Å². The van der Waals surface area contributed by atoms with Crippen LogP contribution in [0.4, 0.5) is 11.4 Å². The van der Waals surface area contributed by atoms with Crippen LogP contribution < -0.4 is 14.8 Å². The number of halogens is 1. The third-order valence-corrected chi connectivity index (χ3v) is 5.82. The Balaban J connectivity index is 1.89. The van der Waals surface area contributed by atoms with Crippen LogP contribution in [0.2, 0.25) is 0 Å². The number of carbonyl (C=O) groups is 1. The molecule has 0 aliphatic rings. The van der Waals surface area contributed by atoms with Gasteiger partial charge in [0.05, 0.1) is 17.7 Å². The van der Waals surface area contributed by atoms with Crippen molar-refractivity contribution in [1.29, 1.82) is 0 Å². The molecule has 0 aliphatic carbocycles. The Bertz CT molecular complexity index is 1120. The number of amides is 1. The first kappa shape index (κ1) is 20.0. The lowest BCUT2D eigenvalue weighted by atomic mass is 10.2. The molecule has 0 fully saturated rings. The zero-order valence-electron chi connectivity index (χ0n) is 15.0. The fourth-order valence-corrected chi connectivity index (χ4v) is 4.17. The molecule has 0 bridgehead atoms. The first-order chi connectivity index (χ1) is 13.3. The third kappa shape index (κ3) is 4.37. The number of sulfonamides is 1. The van der Waals surface area contributed by atoms with Crippen molar-refractivity contribution < 1.29 is 22.4 Å². The van der Waals surface area contributed by atoms with E-state index < -0.39 is 15.9 Å². The first-order valence-corrected chi connectivity index (χ1v) is 10.4. The summed E-state index contributed by atoms with van der Waals surface area (Å²) in [5, 5.41) is 2.63. The Morgan fingerprint density at radius 2 is 1.86 bits per heavy atom. The van der Waals surface area contributed by atoms with E-state index in [-0.39, 0.29) is 10.7 Å². The number of anilines is 2. The van der Waals surface area contributed by atoms with Crippen molar-refractivity contribution in [3.63, 3.8) is 0 Å². The van der Waals surface area contributed by atoms with Gasteiger partial charge in [-0.3, -0.25) is 9.52 Å². The fraction of sp³-hybridized carbons (Fsp3) is 0.105. The van der Waals surface area contributed by atoms with Crippen molar-refractivity contribution in [3.8, 4) is 5.75 Å². The zero-order valence-corrected chi connectivity index (χ0v) is 17.4. The maximum Gasteiger partial charge on any atom is 0.291 e. The highest BCUT2D eigenvalue weighted by Gasteiger charge is 2.20. The molecule has 1 heterocycles. The van der Waals surface area contributed by atoms with E-state index in [1.54, 1.807) is 49.4 Å². The van der Waals surface area contributed by atoms with Gasteiger partial charge in [-0.1, -0.05) is 18.2 Å². The Labute approximate surface area is 170 Å². The molecule has 1 aromatic heterocycles. The van der Waals surface area contributed by atoms with Gasteiger partial charge in [0, 0.05) is 5.69 Å². The first-order valence-electron chi connectivity index (χ1n) is 8.13. The van der Waals surface area contributed by atoms with Crippen LogP contribution in [0.25, 0.3) is 0 Å². The van der Waals surface area contributed by atoms with E-state index in [9.17, 15) is 13.2 Å². The van der Waals surface area contributed by atoms with Crippen LogP contribution in [0.5, 0.6) is 5.75 Å². The molecule has 0 atom stereocenters. The van der Waals surface area contributed by atoms with Gasteiger partial charge in [0.25, 0.3) is 15.9 Å². The average Bonchev–Trinajstić information content (AvgIpc) is 3.10. The maximum atomic E-state index is 12.9. The summed E-state index contributed by atoms with van der Waals surface area (Å²) in [5.41, 5.74) is 1.17. The number of ether oxygens (including phenoxy) is 1. The second-order valence-corrected chi connectivity index (χ2v) is 8.28. The largest absolute Gasteiger partial charge is 0.495 e. The van der Waals surface area contributed by atoms with Crippen LogP contribution in [0.1, 0.15) is 16.1 Å².